The maximum absolute atomic E-state index is 9.02. The van der Waals surface area contributed by atoms with Crippen LogP contribution in [0.25, 0.3) is 38.5 Å². The van der Waals surface area contributed by atoms with Gasteiger partial charge in [-0.2, -0.15) is 0 Å². The summed E-state index contributed by atoms with van der Waals surface area (Å²) in [6.07, 6.45) is 3.58. The molecular formula is C31H20IrN4-2. The minimum atomic E-state index is 0. The molecule has 5 rings (SSSR count). The Kier molecular flexibility index (Phi) is 9.38. The predicted molar refractivity (Wildman–Crippen MR) is 138 cm³/mol. The van der Waals surface area contributed by atoms with Gasteiger partial charge >= 0.3 is 0 Å². The number of aryl methyl sites for hydroxylation is 1. The molecule has 0 N–H and O–H groups in total. The van der Waals surface area contributed by atoms with Gasteiger partial charge < -0.3 is 9.97 Å². The summed E-state index contributed by atoms with van der Waals surface area (Å²) in [5, 5.41) is 9.02. The first-order valence-corrected chi connectivity index (χ1v) is 10.9. The van der Waals surface area contributed by atoms with Crippen LogP contribution in [0.15, 0.2) is 103 Å². The van der Waals surface area contributed by atoms with Crippen molar-refractivity contribution in [3.8, 4) is 39.7 Å². The van der Waals surface area contributed by atoms with Crippen molar-refractivity contribution in [2.45, 2.75) is 6.92 Å². The summed E-state index contributed by atoms with van der Waals surface area (Å²) < 4.78 is 0. The molecule has 5 aromatic rings. The molecule has 0 aliphatic heterocycles. The van der Waals surface area contributed by atoms with Crippen molar-refractivity contribution in [1.29, 1.82) is 5.26 Å². The number of rotatable bonds is 3. The van der Waals surface area contributed by atoms with E-state index in [1.165, 1.54) is 11.1 Å². The van der Waals surface area contributed by atoms with Gasteiger partial charge in [-0.3, -0.25) is 4.85 Å². The van der Waals surface area contributed by atoms with Crippen LogP contribution < -0.4 is 0 Å². The summed E-state index contributed by atoms with van der Waals surface area (Å²) in [5.74, 6) is 0. The average molecular weight is 641 g/mol. The summed E-state index contributed by atoms with van der Waals surface area (Å²) in [7, 11) is 0. The molecule has 0 fully saturated rings. The maximum atomic E-state index is 9.02. The first-order valence-electron chi connectivity index (χ1n) is 10.9. The van der Waals surface area contributed by atoms with Gasteiger partial charge in [0.05, 0.1) is 6.57 Å². The summed E-state index contributed by atoms with van der Waals surface area (Å²) in [6.45, 7) is 8.90. The van der Waals surface area contributed by atoms with Crippen LogP contribution in [0.1, 0.15) is 11.1 Å². The van der Waals surface area contributed by atoms with E-state index in [4.69, 9.17) is 11.8 Å². The molecule has 2 heterocycles. The van der Waals surface area contributed by atoms with Gasteiger partial charge in [0.1, 0.15) is 5.69 Å². The van der Waals surface area contributed by atoms with E-state index >= 15 is 0 Å². The zero-order valence-corrected chi connectivity index (χ0v) is 21.8. The van der Waals surface area contributed by atoms with Crippen LogP contribution in [0.5, 0.6) is 0 Å². The third-order valence-electron chi connectivity index (χ3n) is 5.19. The molecule has 4 nitrogen and oxygen atoms in total. The fraction of sp³-hybridized carbons (Fsp3) is 0.0323. The first-order chi connectivity index (χ1) is 17.2. The smallest absolute Gasteiger partial charge is 0.106 e. The summed E-state index contributed by atoms with van der Waals surface area (Å²) >= 11 is 0. The Morgan fingerprint density at radius 3 is 2.33 bits per heavy atom. The molecule has 5 heteroatoms. The Morgan fingerprint density at radius 1 is 0.861 bits per heavy atom. The summed E-state index contributed by atoms with van der Waals surface area (Å²) in [4.78, 5) is 12.0. The van der Waals surface area contributed by atoms with E-state index < -0.39 is 0 Å². The minimum Gasteiger partial charge on any atom is -0.305 e. The predicted octanol–water partition coefficient (Wildman–Crippen LogP) is 7.49. The number of nitriles is 1. The summed E-state index contributed by atoms with van der Waals surface area (Å²) in [5.41, 5.74) is 7.53. The van der Waals surface area contributed by atoms with Crippen LogP contribution in [-0.2, 0) is 20.1 Å². The van der Waals surface area contributed by atoms with E-state index in [-0.39, 0.29) is 20.1 Å². The van der Waals surface area contributed by atoms with E-state index in [1.54, 1.807) is 18.3 Å². The summed E-state index contributed by atoms with van der Waals surface area (Å²) in [6, 6.07) is 37.5. The Balaban J connectivity index is 0.000000196. The van der Waals surface area contributed by atoms with Gasteiger partial charge in [0, 0.05) is 38.6 Å². The van der Waals surface area contributed by atoms with Gasteiger partial charge in [0.25, 0.3) is 0 Å². The minimum absolute atomic E-state index is 0. The number of hydrogen-bond donors (Lipinski definition) is 0. The van der Waals surface area contributed by atoms with Crippen molar-refractivity contribution in [3.63, 3.8) is 0 Å². The third kappa shape index (κ3) is 6.59. The van der Waals surface area contributed by atoms with Gasteiger partial charge in [-0.05, 0) is 46.6 Å². The quantitative estimate of drug-likeness (QED) is 0.192. The van der Waals surface area contributed by atoms with Crippen LogP contribution in [0.4, 0.5) is 5.69 Å². The molecule has 0 saturated heterocycles. The van der Waals surface area contributed by atoms with Crippen molar-refractivity contribution < 1.29 is 20.1 Å². The number of aromatic nitrogens is 2. The zero-order chi connectivity index (χ0) is 24.5. The molecule has 0 unspecified atom stereocenters. The maximum Gasteiger partial charge on any atom is 0.106 e. The van der Waals surface area contributed by atoms with E-state index in [9.17, 15) is 0 Å². The Labute approximate surface area is 225 Å². The molecular weight excluding hydrogens is 621 g/mol. The second kappa shape index (κ2) is 12.9. The standard InChI is InChI=1S/C17H12N.C14H8N3.Ir/c1-3-7-14(8-4-1)16-11-12-18-17(13-16)15-9-5-2-6-10-15;1-10-3-6-14(17-9-10)13-7-12(16-2)5-4-11(13)8-15;/h1-9,11-13H;3-6,9H,1H3;/q2*-1;. The van der Waals surface area contributed by atoms with Crippen molar-refractivity contribution in [3.05, 3.63) is 138 Å². The molecule has 175 valence electrons. The number of pyridine rings is 2. The van der Waals surface area contributed by atoms with Gasteiger partial charge in [-0.25, -0.2) is 5.26 Å². The van der Waals surface area contributed by atoms with E-state index in [1.807, 2.05) is 73.8 Å². The first kappa shape index (κ1) is 26.2. The molecule has 0 aliphatic rings. The largest absolute Gasteiger partial charge is 0.305 e. The van der Waals surface area contributed by atoms with Crippen LogP contribution in [0, 0.1) is 37.0 Å². The molecule has 0 spiro atoms. The second-order valence-electron chi connectivity index (χ2n) is 7.65. The van der Waals surface area contributed by atoms with Gasteiger partial charge in [0.15, 0.2) is 0 Å². The van der Waals surface area contributed by atoms with Crippen molar-refractivity contribution in [1.82, 2.24) is 9.97 Å². The fourth-order valence-electron chi connectivity index (χ4n) is 3.40. The Hall–Kier alpha value is -4.41. The third-order valence-corrected chi connectivity index (χ3v) is 5.19. The second-order valence-corrected chi connectivity index (χ2v) is 7.65. The molecule has 0 bridgehead atoms. The molecule has 0 saturated carbocycles. The number of hydrogen-bond acceptors (Lipinski definition) is 3. The Bertz CT molecular complexity index is 1450. The van der Waals surface area contributed by atoms with Gasteiger partial charge in [-0.1, -0.05) is 48.5 Å². The van der Waals surface area contributed by atoms with Crippen LogP contribution in [0.3, 0.4) is 0 Å². The van der Waals surface area contributed by atoms with Crippen LogP contribution in [-0.4, -0.2) is 9.97 Å². The molecule has 2 aromatic heterocycles. The molecule has 3 aromatic carbocycles. The zero-order valence-electron chi connectivity index (χ0n) is 19.4. The SMILES string of the molecule is [C-]#[N+]c1[c-]c(-c2ccc(C)cn2)c(C#N)cc1.[Ir].[c-]1ccccc1-c1cc(-c2ccccc2)ccn1. The molecule has 0 atom stereocenters. The van der Waals surface area contributed by atoms with Crippen molar-refractivity contribution in [2.75, 3.05) is 0 Å². The van der Waals surface area contributed by atoms with E-state index in [2.05, 4.69) is 51.2 Å². The van der Waals surface area contributed by atoms with E-state index in [0.717, 1.165) is 16.8 Å². The van der Waals surface area contributed by atoms with Crippen molar-refractivity contribution >= 4 is 5.69 Å². The topological polar surface area (TPSA) is 53.9 Å². The van der Waals surface area contributed by atoms with Crippen LogP contribution >= 0.6 is 0 Å². The molecule has 0 aliphatic carbocycles. The normalized spacial score (nSPS) is 9.53. The monoisotopic (exact) mass is 641 g/mol. The van der Waals surface area contributed by atoms with Crippen LogP contribution in [0.2, 0.25) is 0 Å². The molecule has 0 amide bonds. The Morgan fingerprint density at radius 2 is 1.67 bits per heavy atom. The van der Waals surface area contributed by atoms with Gasteiger partial charge in [-0.15, -0.1) is 59.7 Å². The molecule has 1 radical (unpaired) electrons. The molecule has 36 heavy (non-hydrogen) atoms. The fourth-order valence-corrected chi connectivity index (χ4v) is 3.40. The number of nitrogens with zero attached hydrogens (tertiary/aromatic N) is 4. The van der Waals surface area contributed by atoms with Crippen molar-refractivity contribution in [2.24, 2.45) is 0 Å². The average Bonchev–Trinajstić information content (AvgIpc) is 2.94. The van der Waals surface area contributed by atoms with Gasteiger partial charge in [0.2, 0.25) is 0 Å². The van der Waals surface area contributed by atoms with E-state index in [0.29, 0.717) is 22.5 Å². The number of benzene rings is 3.